The second kappa shape index (κ2) is 6.02. The predicted molar refractivity (Wildman–Crippen MR) is 86.0 cm³/mol. The fourth-order valence-corrected chi connectivity index (χ4v) is 6.07. The van der Waals surface area contributed by atoms with Gasteiger partial charge in [0.15, 0.2) is 0 Å². The molecule has 3 aliphatic rings. The van der Waals surface area contributed by atoms with Crippen LogP contribution >= 0.6 is 0 Å². The van der Waals surface area contributed by atoms with Gasteiger partial charge in [-0.3, -0.25) is 0 Å². The molecule has 0 saturated carbocycles. The zero-order valence-electron chi connectivity index (χ0n) is 13.1. The van der Waals surface area contributed by atoms with Crippen LogP contribution in [0, 0.1) is 5.92 Å². The number of piperidine rings is 1. The predicted octanol–water partition coefficient (Wildman–Crippen LogP) is 0.586. The summed E-state index contributed by atoms with van der Waals surface area (Å²) in [5.74, 6) is -0.539. The molecule has 0 aromatic heterocycles. The normalized spacial score (nSPS) is 33.9. The molecule has 23 heavy (non-hydrogen) atoms. The number of hydrogen-bond donors (Lipinski definition) is 0. The molecule has 0 N–H and O–H groups in total. The Morgan fingerprint density at radius 2 is 1.96 bits per heavy atom. The number of rotatable bonds is 3. The van der Waals surface area contributed by atoms with Crippen LogP contribution in [0.15, 0.2) is 30.3 Å². The number of hydroxylamine groups is 2. The number of likely N-dealkylation sites (tertiary alicyclic amines) is 1. The molecule has 3 saturated heterocycles. The van der Waals surface area contributed by atoms with E-state index in [1.807, 2.05) is 11.1 Å². The number of hydrogen-bond acceptors (Lipinski definition) is 4. The molecule has 0 unspecified atom stereocenters. The van der Waals surface area contributed by atoms with Crippen LogP contribution in [0.4, 0.5) is 0 Å². The number of likely N-dealkylation sites (N-methyl/N-ethyl adjacent to an activating group) is 1. The molecule has 3 heterocycles. The zero-order chi connectivity index (χ0) is 16.0. The topological polar surface area (TPSA) is 49.9 Å². The van der Waals surface area contributed by atoms with Crippen molar-refractivity contribution < 1.29 is 14.4 Å². The summed E-state index contributed by atoms with van der Waals surface area (Å²) in [6.45, 7) is 0. The molecule has 1 aromatic rings. The van der Waals surface area contributed by atoms with Crippen molar-refractivity contribution in [1.82, 2.24) is 9.96 Å². The van der Waals surface area contributed by atoms with Crippen LogP contribution in [-0.4, -0.2) is 62.0 Å². The van der Waals surface area contributed by atoms with Gasteiger partial charge in [0.05, 0.1) is 0 Å². The van der Waals surface area contributed by atoms with E-state index < -0.39 is 6.10 Å². The standard InChI is InChI=1S/C17H20N2O3Se/c1-18-16(20)14-13-9-5-6-11(19(13)22-15(14)17(18)21)10-23-12-7-3-2-4-8-12/h2-4,7-8,11,13-15H,5-6,9-10H2,1H3/t11-,13-,14+,15-/m1/s1. The van der Waals surface area contributed by atoms with E-state index in [1.54, 1.807) is 7.05 Å². The Balaban J connectivity index is 1.48. The average molecular weight is 379 g/mol. The maximum absolute atomic E-state index is 12.3. The van der Waals surface area contributed by atoms with Gasteiger partial charge in [-0.15, -0.1) is 0 Å². The number of benzene rings is 1. The summed E-state index contributed by atoms with van der Waals surface area (Å²) >= 11 is 0.389. The number of imide groups is 1. The summed E-state index contributed by atoms with van der Waals surface area (Å²) in [6, 6.07) is 10.9. The van der Waals surface area contributed by atoms with E-state index in [9.17, 15) is 9.59 Å². The number of amides is 2. The van der Waals surface area contributed by atoms with Crippen molar-refractivity contribution >= 4 is 31.2 Å². The number of carbonyl (C=O) groups is 2. The van der Waals surface area contributed by atoms with Crippen molar-refractivity contribution in [2.75, 3.05) is 7.05 Å². The van der Waals surface area contributed by atoms with Crippen molar-refractivity contribution in [2.45, 2.75) is 42.8 Å². The van der Waals surface area contributed by atoms with E-state index in [4.69, 9.17) is 4.84 Å². The van der Waals surface area contributed by atoms with Gasteiger partial charge < -0.3 is 0 Å². The second-order valence-electron chi connectivity index (χ2n) is 6.42. The first kappa shape index (κ1) is 15.3. The van der Waals surface area contributed by atoms with E-state index >= 15 is 0 Å². The summed E-state index contributed by atoms with van der Waals surface area (Å²) in [6.07, 6.45) is 2.56. The maximum atomic E-state index is 12.3. The number of nitrogens with zero attached hydrogens (tertiary/aromatic N) is 2. The number of carbonyl (C=O) groups excluding carboxylic acids is 2. The molecular formula is C17H20N2O3Se. The van der Waals surface area contributed by atoms with Crippen molar-refractivity contribution in [3.05, 3.63) is 30.3 Å². The van der Waals surface area contributed by atoms with Gasteiger partial charge in [-0.05, 0) is 0 Å². The van der Waals surface area contributed by atoms with Crippen molar-refractivity contribution in [3.8, 4) is 0 Å². The monoisotopic (exact) mass is 380 g/mol. The molecule has 3 fully saturated rings. The Hall–Kier alpha value is -1.20. The Morgan fingerprint density at radius 3 is 2.74 bits per heavy atom. The SMILES string of the molecule is CN1C(=O)[C@H]2[C@H]3CCC[C@H](C[Se]c4ccccc4)N3O[C@H]2C1=O. The summed E-state index contributed by atoms with van der Waals surface area (Å²) in [5.41, 5.74) is 0. The summed E-state index contributed by atoms with van der Waals surface area (Å²) in [5, 5.41) is 3.07. The van der Waals surface area contributed by atoms with Gasteiger partial charge in [0.2, 0.25) is 0 Å². The van der Waals surface area contributed by atoms with E-state index in [0.29, 0.717) is 21.0 Å². The van der Waals surface area contributed by atoms with E-state index in [-0.39, 0.29) is 23.8 Å². The minimum absolute atomic E-state index is 0.0679. The van der Waals surface area contributed by atoms with Gasteiger partial charge in [0.25, 0.3) is 0 Å². The van der Waals surface area contributed by atoms with Gasteiger partial charge in [-0.2, -0.15) is 0 Å². The molecule has 122 valence electrons. The molecule has 0 spiro atoms. The fourth-order valence-electron chi connectivity index (χ4n) is 3.87. The molecule has 2 amide bonds. The molecule has 4 rings (SSSR count). The summed E-state index contributed by atoms with van der Waals surface area (Å²) in [7, 11) is 1.56. The van der Waals surface area contributed by atoms with E-state index in [1.165, 1.54) is 9.36 Å². The van der Waals surface area contributed by atoms with Gasteiger partial charge in [0.1, 0.15) is 0 Å². The van der Waals surface area contributed by atoms with Crippen LogP contribution in [-0.2, 0) is 14.4 Å². The molecule has 4 atom stereocenters. The fraction of sp³-hybridized carbons (Fsp3) is 0.529. The molecule has 1 aromatic carbocycles. The van der Waals surface area contributed by atoms with Crippen molar-refractivity contribution in [2.24, 2.45) is 5.92 Å². The molecule has 0 radical (unpaired) electrons. The Kier molecular flexibility index (Phi) is 4.01. The van der Waals surface area contributed by atoms with Gasteiger partial charge in [-0.25, -0.2) is 0 Å². The van der Waals surface area contributed by atoms with Crippen LogP contribution in [0.3, 0.4) is 0 Å². The van der Waals surface area contributed by atoms with Gasteiger partial charge in [0, 0.05) is 0 Å². The van der Waals surface area contributed by atoms with Crippen LogP contribution < -0.4 is 4.46 Å². The Morgan fingerprint density at radius 1 is 1.17 bits per heavy atom. The van der Waals surface area contributed by atoms with Gasteiger partial charge in [-0.1, -0.05) is 0 Å². The van der Waals surface area contributed by atoms with Crippen LogP contribution in [0.2, 0.25) is 5.32 Å². The first-order valence-electron chi connectivity index (χ1n) is 8.11. The number of fused-ring (bicyclic) bond motifs is 3. The van der Waals surface area contributed by atoms with E-state index in [0.717, 1.165) is 24.6 Å². The second-order valence-corrected chi connectivity index (χ2v) is 8.72. The van der Waals surface area contributed by atoms with Crippen molar-refractivity contribution in [1.29, 1.82) is 0 Å². The third-order valence-electron chi connectivity index (χ3n) is 5.08. The van der Waals surface area contributed by atoms with Crippen molar-refractivity contribution in [3.63, 3.8) is 0 Å². The molecule has 0 aliphatic carbocycles. The zero-order valence-corrected chi connectivity index (χ0v) is 14.8. The first-order valence-corrected chi connectivity index (χ1v) is 10.2. The van der Waals surface area contributed by atoms with E-state index in [2.05, 4.69) is 24.3 Å². The van der Waals surface area contributed by atoms with Crippen LogP contribution in [0.1, 0.15) is 19.3 Å². The quantitative estimate of drug-likeness (QED) is 0.570. The summed E-state index contributed by atoms with van der Waals surface area (Å²) < 4.78 is 1.38. The van der Waals surface area contributed by atoms with Crippen LogP contribution in [0.5, 0.6) is 0 Å². The molecule has 3 aliphatic heterocycles. The molecular weight excluding hydrogens is 359 g/mol. The minimum atomic E-state index is -0.581. The average Bonchev–Trinajstić information content (AvgIpc) is 3.07. The molecule has 0 bridgehead atoms. The van der Waals surface area contributed by atoms with Crippen LogP contribution in [0.25, 0.3) is 0 Å². The third kappa shape index (κ3) is 2.54. The Labute approximate surface area is 142 Å². The third-order valence-corrected chi connectivity index (χ3v) is 7.50. The first-order chi connectivity index (χ1) is 11.2. The molecule has 6 heteroatoms. The molecule has 5 nitrogen and oxygen atoms in total. The summed E-state index contributed by atoms with van der Waals surface area (Å²) in [4.78, 5) is 31.7. The Bertz CT molecular complexity index is 624. The van der Waals surface area contributed by atoms with Gasteiger partial charge >= 0.3 is 142 Å².